The monoisotopic (exact) mass is 403 g/mol. The SMILES string of the molecule is COc1cc(N2C=[N+](c3cc(OC)c(OC)c(OC)c3)CC2)cc(OC)c1OC. The Morgan fingerprint density at radius 2 is 1.10 bits per heavy atom. The van der Waals surface area contributed by atoms with Crippen LogP contribution in [0.1, 0.15) is 0 Å². The van der Waals surface area contributed by atoms with Crippen LogP contribution < -0.4 is 33.3 Å². The van der Waals surface area contributed by atoms with E-state index in [-0.39, 0.29) is 0 Å². The summed E-state index contributed by atoms with van der Waals surface area (Å²) in [6.07, 6.45) is 2.03. The molecule has 29 heavy (non-hydrogen) atoms. The molecule has 1 heterocycles. The Kier molecular flexibility index (Phi) is 6.21. The van der Waals surface area contributed by atoms with Gasteiger partial charge in [0.2, 0.25) is 17.8 Å². The van der Waals surface area contributed by atoms with Gasteiger partial charge in [-0.1, -0.05) is 0 Å². The molecular weight excluding hydrogens is 376 g/mol. The second-order valence-corrected chi connectivity index (χ2v) is 6.27. The Bertz CT molecular complexity index is 862. The summed E-state index contributed by atoms with van der Waals surface area (Å²) in [5, 5.41) is 0. The van der Waals surface area contributed by atoms with E-state index in [1.807, 2.05) is 30.6 Å². The molecule has 0 fully saturated rings. The Morgan fingerprint density at radius 1 is 0.655 bits per heavy atom. The highest BCUT2D eigenvalue weighted by Crippen LogP contribution is 2.42. The summed E-state index contributed by atoms with van der Waals surface area (Å²) in [4.78, 5) is 2.12. The molecule has 0 saturated carbocycles. The quantitative estimate of drug-likeness (QED) is 0.628. The number of ether oxygens (including phenoxy) is 6. The van der Waals surface area contributed by atoms with E-state index < -0.39 is 0 Å². The number of nitrogens with zero attached hydrogens (tertiary/aromatic N) is 2. The van der Waals surface area contributed by atoms with Gasteiger partial charge < -0.3 is 28.4 Å². The normalized spacial score (nSPS) is 13.0. The molecule has 1 aliphatic heterocycles. The van der Waals surface area contributed by atoms with Gasteiger partial charge in [-0.05, 0) is 0 Å². The summed E-state index contributed by atoms with van der Waals surface area (Å²) < 4.78 is 34.8. The number of anilines is 1. The zero-order chi connectivity index (χ0) is 21.0. The van der Waals surface area contributed by atoms with Crippen molar-refractivity contribution in [3.63, 3.8) is 0 Å². The fourth-order valence-electron chi connectivity index (χ4n) is 3.36. The van der Waals surface area contributed by atoms with Crippen LogP contribution in [0.4, 0.5) is 11.4 Å². The van der Waals surface area contributed by atoms with Crippen LogP contribution in [0.15, 0.2) is 24.3 Å². The number of rotatable bonds is 8. The largest absolute Gasteiger partial charge is 0.493 e. The van der Waals surface area contributed by atoms with Crippen molar-refractivity contribution in [3.05, 3.63) is 24.3 Å². The summed E-state index contributed by atoms with van der Waals surface area (Å²) in [6, 6.07) is 7.71. The minimum Gasteiger partial charge on any atom is -0.493 e. The first-order valence-electron chi connectivity index (χ1n) is 9.08. The smallest absolute Gasteiger partial charge is 0.244 e. The van der Waals surface area contributed by atoms with Crippen LogP contribution in [0.25, 0.3) is 0 Å². The van der Waals surface area contributed by atoms with E-state index in [0.29, 0.717) is 34.5 Å². The first kappa shape index (κ1) is 20.4. The zero-order valence-corrected chi connectivity index (χ0v) is 17.6. The van der Waals surface area contributed by atoms with Crippen LogP contribution in [0.3, 0.4) is 0 Å². The Hall–Kier alpha value is -3.29. The van der Waals surface area contributed by atoms with Crippen molar-refractivity contribution in [2.24, 2.45) is 0 Å². The molecule has 0 aliphatic carbocycles. The van der Waals surface area contributed by atoms with Crippen molar-refractivity contribution in [1.82, 2.24) is 0 Å². The highest BCUT2D eigenvalue weighted by atomic mass is 16.5. The van der Waals surface area contributed by atoms with Gasteiger partial charge in [0.1, 0.15) is 24.5 Å². The second kappa shape index (κ2) is 8.81. The number of hydrogen-bond donors (Lipinski definition) is 0. The molecule has 0 N–H and O–H groups in total. The van der Waals surface area contributed by atoms with Crippen molar-refractivity contribution >= 4 is 17.7 Å². The fourth-order valence-corrected chi connectivity index (χ4v) is 3.36. The highest BCUT2D eigenvalue weighted by Gasteiger charge is 2.27. The predicted molar refractivity (Wildman–Crippen MR) is 110 cm³/mol. The first-order valence-corrected chi connectivity index (χ1v) is 9.08. The third-order valence-corrected chi connectivity index (χ3v) is 4.82. The molecule has 1 aliphatic rings. The van der Waals surface area contributed by atoms with E-state index in [9.17, 15) is 0 Å². The molecule has 0 bridgehead atoms. The molecule has 3 rings (SSSR count). The van der Waals surface area contributed by atoms with Crippen molar-refractivity contribution < 1.29 is 33.0 Å². The molecule has 0 spiro atoms. The van der Waals surface area contributed by atoms with Gasteiger partial charge in [0.25, 0.3) is 0 Å². The number of hydrogen-bond acceptors (Lipinski definition) is 7. The molecule has 2 aromatic carbocycles. The molecule has 0 radical (unpaired) electrons. The van der Waals surface area contributed by atoms with Gasteiger partial charge in [-0.3, -0.25) is 0 Å². The number of methoxy groups -OCH3 is 6. The summed E-state index contributed by atoms with van der Waals surface area (Å²) in [6.45, 7) is 1.57. The Labute approximate surface area is 170 Å². The van der Waals surface area contributed by atoms with Gasteiger partial charge in [-0.2, -0.15) is 0 Å². The lowest BCUT2D eigenvalue weighted by Gasteiger charge is -2.15. The van der Waals surface area contributed by atoms with Crippen LogP contribution >= 0.6 is 0 Å². The van der Waals surface area contributed by atoms with E-state index >= 15 is 0 Å². The van der Waals surface area contributed by atoms with Crippen LogP contribution in [0, 0.1) is 0 Å². The standard InChI is InChI=1S/C21H27N2O6/c1-24-16-9-14(10-17(25-2)20(16)28-5)22-7-8-23(13-22)15-11-18(26-3)21(29-6)19(12-15)27-4/h9-13H,7-8H2,1-6H3/q+1. The lowest BCUT2D eigenvalue weighted by atomic mass is 10.2. The molecule has 0 amide bonds. The minimum atomic E-state index is 0.569. The van der Waals surface area contributed by atoms with Gasteiger partial charge in [-0.25, -0.2) is 9.48 Å². The van der Waals surface area contributed by atoms with E-state index in [1.165, 1.54) is 0 Å². The topological polar surface area (TPSA) is 61.6 Å². The Morgan fingerprint density at radius 3 is 1.52 bits per heavy atom. The molecule has 8 heteroatoms. The lowest BCUT2D eigenvalue weighted by molar-refractivity contribution is -0.424. The average molecular weight is 403 g/mol. The Balaban J connectivity index is 1.99. The maximum absolute atomic E-state index is 5.47. The highest BCUT2D eigenvalue weighted by molar-refractivity contribution is 5.80. The molecule has 0 unspecified atom stereocenters. The summed E-state index contributed by atoms with van der Waals surface area (Å²) in [5.74, 6) is 3.59. The van der Waals surface area contributed by atoms with E-state index in [2.05, 4.69) is 9.48 Å². The molecule has 0 aromatic heterocycles. The van der Waals surface area contributed by atoms with Gasteiger partial charge in [0, 0.05) is 24.3 Å². The minimum absolute atomic E-state index is 0.569. The molecule has 0 saturated heterocycles. The van der Waals surface area contributed by atoms with Crippen molar-refractivity contribution in [1.29, 1.82) is 0 Å². The van der Waals surface area contributed by atoms with Crippen molar-refractivity contribution in [3.8, 4) is 34.5 Å². The number of benzene rings is 2. The molecule has 2 aromatic rings. The van der Waals surface area contributed by atoms with E-state index in [1.54, 1.807) is 42.7 Å². The maximum Gasteiger partial charge on any atom is 0.244 e. The van der Waals surface area contributed by atoms with E-state index in [0.717, 1.165) is 24.5 Å². The van der Waals surface area contributed by atoms with Gasteiger partial charge in [0.15, 0.2) is 23.0 Å². The molecule has 156 valence electrons. The molecule has 8 nitrogen and oxygen atoms in total. The maximum atomic E-state index is 5.47. The predicted octanol–water partition coefficient (Wildman–Crippen LogP) is 2.93. The average Bonchev–Trinajstić information content (AvgIpc) is 3.27. The first-order chi connectivity index (χ1) is 14.1. The van der Waals surface area contributed by atoms with Crippen LogP contribution in [0.2, 0.25) is 0 Å². The summed E-state index contributed by atoms with van der Waals surface area (Å²) in [7, 11) is 9.62. The third-order valence-electron chi connectivity index (χ3n) is 4.82. The van der Waals surface area contributed by atoms with Crippen LogP contribution in [0.5, 0.6) is 34.5 Å². The van der Waals surface area contributed by atoms with Crippen LogP contribution in [-0.4, -0.2) is 66.7 Å². The summed E-state index contributed by atoms with van der Waals surface area (Å²) in [5.41, 5.74) is 1.88. The fraction of sp³-hybridized carbons (Fsp3) is 0.381. The van der Waals surface area contributed by atoms with Crippen molar-refractivity contribution in [2.45, 2.75) is 0 Å². The van der Waals surface area contributed by atoms with Crippen molar-refractivity contribution in [2.75, 3.05) is 60.6 Å². The zero-order valence-electron chi connectivity index (χ0n) is 17.6. The summed E-state index contributed by atoms with van der Waals surface area (Å²) >= 11 is 0. The van der Waals surface area contributed by atoms with E-state index in [4.69, 9.17) is 28.4 Å². The van der Waals surface area contributed by atoms with Crippen LogP contribution in [-0.2, 0) is 0 Å². The molecular formula is C21H27N2O6+. The third kappa shape index (κ3) is 3.83. The second-order valence-electron chi connectivity index (χ2n) is 6.27. The molecule has 0 atom stereocenters. The van der Waals surface area contributed by atoms with Gasteiger partial charge >= 0.3 is 0 Å². The van der Waals surface area contributed by atoms with Gasteiger partial charge in [0.05, 0.1) is 42.7 Å². The lowest BCUT2D eigenvalue weighted by Crippen LogP contribution is -2.18. The van der Waals surface area contributed by atoms with Gasteiger partial charge in [-0.15, -0.1) is 0 Å².